The van der Waals surface area contributed by atoms with Crippen LogP contribution >= 0.6 is 11.8 Å². The van der Waals surface area contributed by atoms with Crippen LogP contribution < -0.4 is 5.32 Å². The zero-order valence-electron chi connectivity index (χ0n) is 19.6. The molecular weight excluding hydrogens is 443 g/mol. The first-order valence-corrected chi connectivity index (χ1v) is 12.4. The fraction of sp³-hybridized carbons (Fsp3) is 0.207. The second-order valence-corrected chi connectivity index (χ2v) is 9.68. The Hall–Kier alpha value is -3.31. The summed E-state index contributed by atoms with van der Waals surface area (Å²) in [5.41, 5.74) is 5.21. The van der Waals surface area contributed by atoms with Gasteiger partial charge in [-0.3, -0.25) is 4.79 Å². The van der Waals surface area contributed by atoms with Crippen molar-refractivity contribution in [1.82, 2.24) is 9.88 Å². The number of nitrogens with one attached hydrogen (secondary N) is 1. The molecule has 0 aliphatic carbocycles. The molecule has 174 valence electrons. The molecule has 3 aromatic carbocycles. The molecule has 0 bridgehead atoms. The quantitative estimate of drug-likeness (QED) is 0.212. The van der Waals surface area contributed by atoms with Crippen molar-refractivity contribution < 1.29 is 9.18 Å². The van der Waals surface area contributed by atoms with Crippen LogP contribution in [0.15, 0.2) is 84.3 Å². The largest absolute Gasteiger partial charge is 0.348 e. The Kier molecular flexibility index (Phi) is 7.53. The molecule has 0 unspecified atom stereocenters. The topological polar surface area (TPSA) is 34.0 Å². The van der Waals surface area contributed by atoms with Gasteiger partial charge in [-0.05, 0) is 71.8 Å². The van der Waals surface area contributed by atoms with E-state index in [1.807, 2.05) is 61.5 Å². The van der Waals surface area contributed by atoms with Gasteiger partial charge in [-0.15, -0.1) is 18.3 Å². The van der Waals surface area contributed by atoms with Crippen LogP contribution in [0.2, 0.25) is 0 Å². The third-order valence-corrected chi connectivity index (χ3v) is 6.72. The Morgan fingerprint density at radius 1 is 1.09 bits per heavy atom. The van der Waals surface area contributed by atoms with E-state index in [1.165, 1.54) is 4.90 Å². The smallest absolute Gasteiger partial charge is 0.251 e. The Labute approximate surface area is 204 Å². The van der Waals surface area contributed by atoms with Crippen LogP contribution in [0.1, 0.15) is 39.7 Å². The minimum Gasteiger partial charge on any atom is -0.348 e. The fourth-order valence-electron chi connectivity index (χ4n) is 4.11. The van der Waals surface area contributed by atoms with E-state index in [1.54, 1.807) is 17.8 Å². The minimum atomic E-state index is -0.197. The van der Waals surface area contributed by atoms with Gasteiger partial charge in [0.2, 0.25) is 0 Å². The number of halogens is 1. The Balaban J connectivity index is 1.54. The van der Waals surface area contributed by atoms with E-state index in [0.29, 0.717) is 30.6 Å². The molecule has 4 aromatic rings. The van der Waals surface area contributed by atoms with E-state index >= 15 is 0 Å². The molecule has 34 heavy (non-hydrogen) atoms. The molecule has 1 N–H and O–H groups in total. The average Bonchev–Trinajstić information content (AvgIpc) is 3.17. The van der Waals surface area contributed by atoms with Crippen molar-refractivity contribution in [3.63, 3.8) is 0 Å². The second-order valence-electron chi connectivity index (χ2n) is 8.34. The summed E-state index contributed by atoms with van der Waals surface area (Å²) < 4.78 is 16.6. The molecule has 0 fully saturated rings. The normalized spacial score (nSPS) is 11.0. The molecule has 0 radical (unpaired) electrons. The maximum atomic E-state index is 14.5. The van der Waals surface area contributed by atoms with E-state index in [2.05, 4.69) is 35.5 Å². The molecule has 0 saturated heterocycles. The SMILES string of the molecule is C=CCn1c(Cc2ccc(C)cc2F)cc2cc(C(=O)NCc3ccc(SCC)cc3)ccc21. The Morgan fingerprint density at radius 3 is 2.59 bits per heavy atom. The summed E-state index contributed by atoms with van der Waals surface area (Å²) in [6.07, 6.45) is 2.31. The number of rotatable bonds is 9. The molecule has 0 atom stereocenters. The van der Waals surface area contributed by atoms with Gasteiger partial charge in [0.15, 0.2) is 0 Å². The summed E-state index contributed by atoms with van der Waals surface area (Å²) in [6, 6.07) is 21.3. The van der Waals surface area contributed by atoms with Crippen LogP contribution in [-0.4, -0.2) is 16.2 Å². The van der Waals surface area contributed by atoms with Crippen molar-refractivity contribution in [3.8, 4) is 0 Å². The van der Waals surface area contributed by atoms with Crippen LogP contribution in [0, 0.1) is 12.7 Å². The van der Waals surface area contributed by atoms with Crippen molar-refractivity contribution in [3.05, 3.63) is 113 Å². The number of carbonyl (C=O) groups is 1. The molecule has 4 rings (SSSR count). The Bertz CT molecular complexity index is 1320. The van der Waals surface area contributed by atoms with E-state index in [-0.39, 0.29) is 11.7 Å². The van der Waals surface area contributed by atoms with Crippen molar-refractivity contribution in [2.24, 2.45) is 0 Å². The van der Waals surface area contributed by atoms with Crippen LogP contribution in [0.5, 0.6) is 0 Å². The maximum Gasteiger partial charge on any atom is 0.251 e. The molecule has 1 amide bonds. The first-order valence-electron chi connectivity index (χ1n) is 11.5. The van der Waals surface area contributed by atoms with Crippen molar-refractivity contribution in [1.29, 1.82) is 0 Å². The summed E-state index contributed by atoms with van der Waals surface area (Å²) >= 11 is 1.80. The summed E-state index contributed by atoms with van der Waals surface area (Å²) in [5, 5.41) is 3.97. The first-order chi connectivity index (χ1) is 16.5. The minimum absolute atomic E-state index is 0.114. The monoisotopic (exact) mass is 472 g/mol. The lowest BCUT2D eigenvalue weighted by atomic mass is 10.1. The van der Waals surface area contributed by atoms with E-state index in [9.17, 15) is 9.18 Å². The summed E-state index contributed by atoms with van der Waals surface area (Å²) in [6.45, 7) is 8.98. The molecule has 0 saturated carbocycles. The van der Waals surface area contributed by atoms with Gasteiger partial charge in [-0.25, -0.2) is 4.39 Å². The molecule has 5 heteroatoms. The van der Waals surface area contributed by atoms with Crippen molar-refractivity contribution in [2.75, 3.05) is 5.75 Å². The van der Waals surface area contributed by atoms with Gasteiger partial charge in [0, 0.05) is 46.6 Å². The highest BCUT2D eigenvalue weighted by Crippen LogP contribution is 2.25. The molecule has 0 aliphatic heterocycles. The van der Waals surface area contributed by atoms with Crippen molar-refractivity contribution >= 4 is 28.6 Å². The molecule has 3 nitrogen and oxygen atoms in total. The van der Waals surface area contributed by atoms with Gasteiger partial charge in [0.05, 0.1) is 0 Å². The van der Waals surface area contributed by atoms with Gasteiger partial charge < -0.3 is 9.88 Å². The van der Waals surface area contributed by atoms with E-state index in [0.717, 1.165) is 33.5 Å². The van der Waals surface area contributed by atoms with E-state index < -0.39 is 0 Å². The average molecular weight is 473 g/mol. The maximum absolute atomic E-state index is 14.5. The number of carbonyl (C=O) groups excluding carboxylic acids is 1. The fourth-order valence-corrected chi connectivity index (χ4v) is 4.77. The van der Waals surface area contributed by atoms with E-state index in [4.69, 9.17) is 0 Å². The van der Waals surface area contributed by atoms with Gasteiger partial charge in [-0.1, -0.05) is 37.3 Å². The van der Waals surface area contributed by atoms with Gasteiger partial charge in [0.1, 0.15) is 5.82 Å². The highest BCUT2D eigenvalue weighted by atomic mass is 32.2. The van der Waals surface area contributed by atoms with Crippen LogP contribution in [0.25, 0.3) is 10.9 Å². The molecule has 0 spiro atoms. The number of allylic oxidation sites excluding steroid dienone is 1. The molecule has 1 heterocycles. The predicted octanol–water partition coefficient (Wildman–Crippen LogP) is 6.91. The van der Waals surface area contributed by atoms with Crippen molar-refractivity contribution in [2.45, 2.75) is 38.3 Å². The van der Waals surface area contributed by atoms with Crippen LogP contribution in [0.3, 0.4) is 0 Å². The first kappa shape index (κ1) is 23.8. The van der Waals surface area contributed by atoms with Crippen LogP contribution in [0.4, 0.5) is 4.39 Å². The Morgan fingerprint density at radius 2 is 1.88 bits per heavy atom. The zero-order chi connectivity index (χ0) is 24.1. The lowest BCUT2D eigenvalue weighted by Gasteiger charge is -2.10. The lowest BCUT2D eigenvalue weighted by molar-refractivity contribution is 0.0951. The highest BCUT2D eigenvalue weighted by molar-refractivity contribution is 7.99. The number of aryl methyl sites for hydroxylation is 1. The third kappa shape index (κ3) is 5.42. The number of hydrogen-bond acceptors (Lipinski definition) is 2. The van der Waals surface area contributed by atoms with Gasteiger partial charge >= 0.3 is 0 Å². The standard InChI is InChI=1S/C29H29FN2OS/c1-4-14-32-25(17-22-9-6-20(3)15-27(22)30)18-24-16-23(10-13-28(24)32)29(33)31-19-21-7-11-26(12-8-21)34-5-2/h4,6-13,15-16,18H,1,5,14,17,19H2,2-3H3,(H,31,33). The number of hydrogen-bond donors (Lipinski definition) is 1. The number of fused-ring (bicyclic) bond motifs is 1. The van der Waals surface area contributed by atoms with Gasteiger partial charge in [0.25, 0.3) is 5.91 Å². The second kappa shape index (κ2) is 10.7. The molecule has 1 aromatic heterocycles. The summed E-state index contributed by atoms with van der Waals surface area (Å²) in [7, 11) is 0. The highest BCUT2D eigenvalue weighted by Gasteiger charge is 2.14. The van der Waals surface area contributed by atoms with Gasteiger partial charge in [-0.2, -0.15) is 0 Å². The molecular formula is C29H29FN2OS. The van der Waals surface area contributed by atoms with Crippen LogP contribution in [-0.2, 0) is 19.5 Å². The number of nitrogens with zero attached hydrogens (tertiary/aromatic N) is 1. The number of aromatic nitrogens is 1. The molecule has 0 aliphatic rings. The summed E-state index contributed by atoms with van der Waals surface area (Å²) in [4.78, 5) is 14.1. The zero-order valence-corrected chi connectivity index (χ0v) is 20.4. The number of amides is 1. The number of thioether (sulfide) groups is 1. The third-order valence-electron chi connectivity index (χ3n) is 5.83. The lowest BCUT2D eigenvalue weighted by Crippen LogP contribution is -2.22. The number of benzene rings is 3. The summed E-state index contributed by atoms with van der Waals surface area (Å²) in [5.74, 6) is 0.725. The predicted molar refractivity (Wildman–Crippen MR) is 140 cm³/mol.